The molecule has 0 unspecified atom stereocenters. The number of nitro groups is 1. The Morgan fingerprint density at radius 1 is 1.24 bits per heavy atom. The number of alkyl halides is 2. The van der Waals surface area contributed by atoms with E-state index in [4.69, 9.17) is 13.9 Å². The monoisotopic (exact) mass is 469 g/mol. The lowest BCUT2D eigenvalue weighted by Gasteiger charge is -2.12. The summed E-state index contributed by atoms with van der Waals surface area (Å²) in [5.74, 6) is -3.49. The summed E-state index contributed by atoms with van der Waals surface area (Å²) in [5.41, 5.74) is -0.544. The molecule has 0 fully saturated rings. The molecule has 0 saturated heterocycles. The van der Waals surface area contributed by atoms with Crippen LogP contribution >= 0.6 is 0 Å². The van der Waals surface area contributed by atoms with Crippen molar-refractivity contribution in [1.82, 2.24) is 9.78 Å². The number of nitro benzene ring substituents is 1. The fourth-order valence-corrected chi connectivity index (χ4v) is 2.67. The number of esters is 1. The van der Waals surface area contributed by atoms with Crippen LogP contribution in [-0.2, 0) is 22.7 Å². The standard InChI is InChI=1S/C19H14F3N3O8/c1-30-14-6-11(13(25(28)29)7-15(14)32-18(21)22)9-31-16(26)8-24-19(27)33-17(23-24)10-2-4-12(20)5-3-10/h2-7,18H,8-9H2,1H3. The zero-order chi connectivity index (χ0) is 24.1. The van der Waals surface area contributed by atoms with Gasteiger partial charge in [-0.05, 0) is 30.3 Å². The van der Waals surface area contributed by atoms with Crippen molar-refractivity contribution in [2.24, 2.45) is 0 Å². The molecule has 0 bridgehead atoms. The first kappa shape index (κ1) is 23.3. The quantitative estimate of drug-likeness (QED) is 0.263. The zero-order valence-corrected chi connectivity index (χ0v) is 16.7. The van der Waals surface area contributed by atoms with Gasteiger partial charge in [-0.1, -0.05) is 0 Å². The number of rotatable bonds is 9. The summed E-state index contributed by atoms with van der Waals surface area (Å²) in [7, 11) is 1.13. The highest BCUT2D eigenvalue weighted by molar-refractivity contribution is 5.69. The van der Waals surface area contributed by atoms with Crippen molar-refractivity contribution in [3.63, 3.8) is 0 Å². The second-order valence-corrected chi connectivity index (χ2v) is 6.27. The van der Waals surface area contributed by atoms with Crippen molar-refractivity contribution in [1.29, 1.82) is 0 Å². The number of halogens is 3. The molecule has 174 valence electrons. The number of benzene rings is 2. The summed E-state index contributed by atoms with van der Waals surface area (Å²) >= 11 is 0. The number of carbonyl (C=O) groups excluding carboxylic acids is 1. The van der Waals surface area contributed by atoms with Gasteiger partial charge in [0.05, 0.1) is 23.7 Å². The van der Waals surface area contributed by atoms with Gasteiger partial charge in [-0.15, -0.1) is 5.10 Å². The van der Waals surface area contributed by atoms with Gasteiger partial charge < -0.3 is 18.6 Å². The predicted molar refractivity (Wildman–Crippen MR) is 102 cm³/mol. The lowest BCUT2D eigenvalue weighted by atomic mass is 10.1. The smallest absolute Gasteiger partial charge is 0.437 e. The normalized spacial score (nSPS) is 10.8. The second kappa shape index (κ2) is 9.84. The van der Waals surface area contributed by atoms with E-state index in [0.717, 1.165) is 25.3 Å². The summed E-state index contributed by atoms with van der Waals surface area (Å²) < 4.78 is 57.6. The largest absolute Gasteiger partial charge is 0.493 e. The molecule has 0 aliphatic heterocycles. The average Bonchev–Trinajstić information content (AvgIpc) is 3.12. The topological polar surface area (TPSA) is 136 Å². The molecule has 1 heterocycles. The van der Waals surface area contributed by atoms with E-state index in [1.54, 1.807) is 0 Å². The number of ether oxygens (including phenoxy) is 3. The SMILES string of the molecule is COc1cc(COC(=O)Cn2nc(-c3ccc(F)cc3)oc2=O)c([N+](=O)[O-])cc1OC(F)F. The molecule has 0 N–H and O–H groups in total. The van der Waals surface area contributed by atoms with Crippen LogP contribution in [-0.4, -0.2) is 34.4 Å². The van der Waals surface area contributed by atoms with E-state index in [1.807, 2.05) is 0 Å². The van der Waals surface area contributed by atoms with Gasteiger partial charge >= 0.3 is 18.3 Å². The highest BCUT2D eigenvalue weighted by Gasteiger charge is 2.23. The predicted octanol–water partition coefficient (Wildman–Crippen LogP) is 2.90. The maximum Gasteiger partial charge on any atom is 0.437 e. The number of methoxy groups -OCH3 is 1. The van der Waals surface area contributed by atoms with Crippen LogP contribution in [0.15, 0.2) is 45.6 Å². The Hall–Kier alpha value is -4.36. The van der Waals surface area contributed by atoms with Gasteiger partial charge in [0.15, 0.2) is 11.5 Å². The Morgan fingerprint density at radius 2 is 1.94 bits per heavy atom. The lowest BCUT2D eigenvalue weighted by Crippen LogP contribution is -2.23. The number of carbonyl (C=O) groups is 1. The maximum absolute atomic E-state index is 13.0. The molecule has 0 aliphatic carbocycles. The van der Waals surface area contributed by atoms with Crippen LogP contribution in [0.25, 0.3) is 11.5 Å². The van der Waals surface area contributed by atoms with Crippen LogP contribution in [0.1, 0.15) is 5.56 Å². The molecule has 1 aromatic heterocycles. The Labute approximate surface area is 182 Å². The minimum Gasteiger partial charge on any atom is -0.493 e. The molecular weight excluding hydrogens is 455 g/mol. The fourth-order valence-electron chi connectivity index (χ4n) is 2.67. The average molecular weight is 469 g/mol. The van der Waals surface area contributed by atoms with Gasteiger partial charge in [0.1, 0.15) is 19.0 Å². The van der Waals surface area contributed by atoms with Gasteiger partial charge in [-0.25, -0.2) is 9.18 Å². The van der Waals surface area contributed by atoms with Crippen LogP contribution in [0, 0.1) is 15.9 Å². The first-order chi connectivity index (χ1) is 15.7. The highest BCUT2D eigenvalue weighted by Crippen LogP contribution is 2.36. The van der Waals surface area contributed by atoms with Crippen LogP contribution in [0.5, 0.6) is 11.5 Å². The van der Waals surface area contributed by atoms with Gasteiger partial charge in [0.2, 0.25) is 5.89 Å². The number of aromatic nitrogens is 2. The summed E-state index contributed by atoms with van der Waals surface area (Å²) in [4.78, 5) is 34.5. The highest BCUT2D eigenvalue weighted by atomic mass is 19.3. The molecule has 3 aromatic rings. The van der Waals surface area contributed by atoms with Gasteiger partial charge in [-0.2, -0.15) is 13.5 Å². The molecule has 11 nitrogen and oxygen atoms in total. The fraction of sp³-hybridized carbons (Fsp3) is 0.211. The summed E-state index contributed by atoms with van der Waals surface area (Å²) in [6, 6.07) is 6.61. The third kappa shape index (κ3) is 5.66. The van der Waals surface area contributed by atoms with Gasteiger partial charge in [-0.3, -0.25) is 14.9 Å². The van der Waals surface area contributed by atoms with Crippen LogP contribution < -0.4 is 15.2 Å². The Balaban J connectivity index is 1.74. The molecule has 0 saturated carbocycles. The van der Waals surface area contributed by atoms with Crippen LogP contribution in [0.4, 0.5) is 18.9 Å². The summed E-state index contributed by atoms with van der Waals surface area (Å²) in [6.07, 6.45) is 0. The molecular formula is C19H14F3N3O8. The van der Waals surface area contributed by atoms with Gasteiger partial charge in [0.25, 0.3) is 5.69 Å². The first-order valence-electron chi connectivity index (χ1n) is 8.97. The Kier molecular flexibility index (Phi) is 6.95. The van der Waals surface area contributed by atoms with Crippen molar-refractivity contribution >= 4 is 11.7 Å². The molecule has 2 aromatic carbocycles. The third-order valence-corrected chi connectivity index (χ3v) is 4.14. The van der Waals surface area contributed by atoms with E-state index < -0.39 is 53.7 Å². The van der Waals surface area contributed by atoms with E-state index in [0.29, 0.717) is 10.7 Å². The maximum atomic E-state index is 13.0. The van der Waals surface area contributed by atoms with Crippen LogP contribution in [0.3, 0.4) is 0 Å². The molecule has 0 amide bonds. The molecule has 0 aliphatic rings. The lowest BCUT2D eigenvalue weighted by molar-refractivity contribution is -0.386. The first-order valence-corrected chi connectivity index (χ1v) is 8.97. The number of nitrogens with zero attached hydrogens (tertiary/aromatic N) is 3. The van der Waals surface area contributed by atoms with E-state index in [1.165, 1.54) is 12.1 Å². The molecule has 14 heteroatoms. The molecule has 0 radical (unpaired) electrons. The Bertz CT molecular complexity index is 1220. The van der Waals surface area contributed by atoms with Crippen LogP contribution in [0.2, 0.25) is 0 Å². The third-order valence-electron chi connectivity index (χ3n) is 4.14. The van der Waals surface area contributed by atoms with E-state index in [9.17, 15) is 32.9 Å². The van der Waals surface area contributed by atoms with E-state index in [2.05, 4.69) is 9.84 Å². The Morgan fingerprint density at radius 3 is 2.55 bits per heavy atom. The zero-order valence-electron chi connectivity index (χ0n) is 16.7. The van der Waals surface area contributed by atoms with E-state index in [-0.39, 0.29) is 22.8 Å². The number of hydrogen-bond donors (Lipinski definition) is 0. The summed E-state index contributed by atoms with van der Waals surface area (Å²) in [5, 5.41) is 15.1. The second-order valence-electron chi connectivity index (χ2n) is 6.27. The minimum atomic E-state index is -3.25. The molecule has 0 atom stereocenters. The summed E-state index contributed by atoms with van der Waals surface area (Å²) in [6.45, 7) is -4.58. The van der Waals surface area contributed by atoms with Crippen molar-refractivity contribution in [2.75, 3.05) is 7.11 Å². The van der Waals surface area contributed by atoms with Crippen molar-refractivity contribution in [2.45, 2.75) is 19.8 Å². The molecule has 3 rings (SSSR count). The molecule has 33 heavy (non-hydrogen) atoms. The molecule has 0 spiro atoms. The van der Waals surface area contributed by atoms with Crippen molar-refractivity contribution in [3.8, 4) is 23.0 Å². The van der Waals surface area contributed by atoms with Crippen molar-refractivity contribution in [3.05, 3.63) is 68.4 Å². The van der Waals surface area contributed by atoms with E-state index >= 15 is 0 Å². The van der Waals surface area contributed by atoms with Crippen molar-refractivity contribution < 1.29 is 41.5 Å². The van der Waals surface area contributed by atoms with Gasteiger partial charge in [0, 0.05) is 5.56 Å². The minimum absolute atomic E-state index is 0.164. The number of hydrogen-bond acceptors (Lipinski definition) is 9.